The number of benzene rings is 1. The summed E-state index contributed by atoms with van der Waals surface area (Å²) in [5, 5.41) is 9.87. The molecule has 98 valence electrons. The second-order valence-electron chi connectivity index (χ2n) is 3.68. The summed E-state index contributed by atoms with van der Waals surface area (Å²) in [6, 6.07) is 10.3. The summed E-state index contributed by atoms with van der Waals surface area (Å²) in [5.41, 5.74) is 0.753. The quantitative estimate of drug-likeness (QED) is 0.851. The lowest BCUT2D eigenvalue weighted by molar-refractivity contribution is 0.0690. The molecule has 0 saturated carbocycles. The van der Waals surface area contributed by atoms with Crippen molar-refractivity contribution in [1.82, 2.24) is 4.98 Å². The first-order valence-corrected chi connectivity index (χ1v) is 7.07. The summed E-state index contributed by atoms with van der Waals surface area (Å²) in [6.07, 6.45) is 0. The van der Waals surface area contributed by atoms with Crippen molar-refractivity contribution >= 4 is 40.9 Å². The van der Waals surface area contributed by atoms with E-state index in [1.54, 1.807) is 24.3 Å². The molecule has 2 aromatic rings. The topological polar surface area (TPSA) is 50.2 Å². The number of carboxylic acid groups (broad SMARTS) is 1. The van der Waals surface area contributed by atoms with Crippen molar-refractivity contribution in [1.29, 1.82) is 0 Å². The van der Waals surface area contributed by atoms with Crippen LogP contribution in [0.4, 0.5) is 0 Å². The van der Waals surface area contributed by atoms with E-state index in [1.807, 2.05) is 6.07 Å². The number of halogens is 2. The lowest BCUT2D eigenvalue weighted by atomic mass is 10.3. The van der Waals surface area contributed by atoms with Gasteiger partial charge in [-0.05, 0) is 30.3 Å². The molecule has 3 nitrogen and oxygen atoms in total. The minimum Gasteiger partial charge on any atom is -0.477 e. The van der Waals surface area contributed by atoms with Gasteiger partial charge in [-0.15, -0.1) is 11.8 Å². The molecule has 0 amide bonds. The molecule has 1 aromatic heterocycles. The summed E-state index contributed by atoms with van der Waals surface area (Å²) in [6.45, 7) is 0. The van der Waals surface area contributed by atoms with Crippen molar-refractivity contribution in [3.8, 4) is 0 Å². The largest absolute Gasteiger partial charge is 0.477 e. The van der Waals surface area contributed by atoms with Gasteiger partial charge < -0.3 is 5.11 Å². The Hall–Kier alpha value is -1.23. The normalized spacial score (nSPS) is 10.4. The maximum absolute atomic E-state index is 10.8. The van der Waals surface area contributed by atoms with Crippen LogP contribution >= 0.6 is 35.0 Å². The maximum atomic E-state index is 10.8. The molecule has 0 fully saturated rings. The van der Waals surface area contributed by atoms with Gasteiger partial charge in [0.25, 0.3) is 0 Å². The summed E-state index contributed by atoms with van der Waals surface area (Å²) in [5.74, 6) is -0.458. The SMILES string of the molecule is O=C(O)c1cccc(CSc2ccc(Cl)c(Cl)c2)n1. The number of carbonyl (C=O) groups is 1. The Balaban J connectivity index is 2.07. The first-order valence-electron chi connectivity index (χ1n) is 5.33. The fraction of sp³-hybridized carbons (Fsp3) is 0.0769. The molecule has 0 bridgehead atoms. The molecule has 0 aliphatic heterocycles. The predicted molar refractivity (Wildman–Crippen MR) is 77.2 cm³/mol. The molecule has 0 unspecified atom stereocenters. The van der Waals surface area contributed by atoms with Gasteiger partial charge in [-0.3, -0.25) is 0 Å². The van der Waals surface area contributed by atoms with Crippen LogP contribution in [0, 0.1) is 0 Å². The standard InChI is InChI=1S/C13H9Cl2NO2S/c14-10-5-4-9(6-11(10)15)19-7-8-2-1-3-12(16-8)13(17)18/h1-6H,7H2,(H,17,18). The van der Waals surface area contributed by atoms with Gasteiger partial charge in [-0.25, -0.2) is 9.78 Å². The van der Waals surface area contributed by atoms with E-state index < -0.39 is 5.97 Å². The number of hydrogen-bond donors (Lipinski definition) is 1. The molecule has 0 aliphatic carbocycles. The van der Waals surface area contributed by atoms with Crippen molar-refractivity contribution in [3.63, 3.8) is 0 Å². The Morgan fingerprint density at radius 3 is 2.68 bits per heavy atom. The third kappa shape index (κ3) is 3.86. The number of aromatic nitrogens is 1. The van der Waals surface area contributed by atoms with Crippen LogP contribution in [0.25, 0.3) is 0 Å². The predicted octanol–water partition coefficient (Wildman–Crippen LogP) is 4.38. The van der Waals surface area contributed by atoms with Gasteiger partial charge in [-0.2, -0.15) is 0 Å². The van der Waals surface area contributed by atoms with Gasteiger partial charge in [0.15, 0.2) is 0 Å². The number of aromatic carboxylic acids is 1. The number of thioether (sulfide) groups is 1. The zero-order chi connectivity index (χ0) is 13.8. The van der Waals surface area contributed by atoms with Crippen molar-refractivity contribution < 1.29 is 9.90 Å². The third-order valence-corrected chi connectivity index (χ3v) is 4.07. The molecule has 0 atom stereocenters. The minimum absolute atomic E-state index is 0.0484. The van der Waals surface area contributed by atoms with Crippen molar-refractivity contribution in [2.24, 2.45) is 0 Å². The molecule has 6 heteroatoms. The van der Waals surface area contributed by atoms with Crippen LogP contribution in [0.2, 0.25) is 10.0 Å². The van der Waals surface area contributed by atoms with E-state index in [9.17, 15) is 4.79 Å². The first-order chi connectivity index (χ1) is 9.06. The molecule has 0 saturated heterocycles. The molecular weight excluding hydrogens is 305 g/mol. The minimum atomic E-state index is -1.03. The van der Waals surface area contributed by atoms with E-state index in [0.717, 1.165) is 4.90 Å². The Labute approximate surface area is 124 Å². The highest BCUT2D eigenvalue weighted by Crippen LogP contribution is 2.29. The van der Waals surface area contributed by atoms with Crippen LogP contribution in [-0.4, -0.2) is 16.1 Å². The number of pyridine rings is 1. The zero-order valence-corrected chi connectivity index (χ0v) is 12.0. The van der Waals surface area contributed by atoms with Gasteiger partial charge in [0.1, 0.15) is 5.69 Å². The summed E-state index contributed by atoms with van der Waals surface area (Å²) < 4.78 is 0. The van der Waals surface area contributed by atoms with E-state index in [-0.39, 0.29) is 5.69 Å². The third-order valence-electron chi connectivity index (χ3n) is 2.30. The van der Waals surface area contributed by atoms with Crippen LogP contribution < -0.4 is 0 Å². The highest BCUT2D eigenvalue weighted by molar-refractivity contribution is 7.98. The summed E-state index contributed by atoms with van der Waals surface area (Å²) in [4.78, 5) is 15.8. The van der Waals surface area contributed by atoms with E-state index in [2.05, 4.69) is 4.98 Å². The number of nitrogens with zero attached hydrogens (tertiary/aromatic N) is 1. The molecule has 19 heavy (non-hydrogen) atoms. The monoisotopic (exact) mass is 313 g/mol. The number of hydrogen-bond acceptors (Lipinski definition) is 3. The average Bonchev–Trinajstić information content (AvgIpc) is 2.40. The molecule has 1 heterocycles. The Kier molecular flexibility index (Phi) is 4.69. The average molecular weight is 314 g/mol. The van der Waals surface area contributed by atoms with E-state index in [4.69, 9.17) is 28.3 Å². The maximum Gasteiger partial charge on any atom is 0.354 e. The number of carboxylic acids is 1. The van der Waals surface area contributed by atoms with Crippen LogP contribution in [0.1, 0.15) is 16.2 Å². The molecule has 1 aromatic carbocycles. The van der Waals surface area contributed by atoms with Crippen LogP contribution in [0.15, 0.2) is 41.3 Å². The molecule has 0 spiro atoms. The smallest absolute Gasteiger partial charge is 0.354 e. The summed E-state index contributed by atoms with van der Waals surface area (Å²) in [7, 11) is 0. The highest BCUT2D eigenvalue weighted by Gasteiger charge is 2.06. The molecule has 0 radical (unpaired) electrons. The van der Waals surface area contributed by atoms with Gasteiger partial charge in [-0.1, -0.05) is 29.3 Å². The molecular formula is C13H9Cl2NO2S. The van der Waals surface area contributed by atoms with Crippen molar-refractivity contribution in [2.45, 2.75) is 10.6 Å². The van der Waals surface area contributed by atoms with Crippen LogP contribution in [0.3, 0.4) is 0 Å². The Morgan fingerprint density at radius 1 is 1.21 bits per heavy atom. The van der Waals surface area contributed by atoms with Crippen LogP contribution in [-0.2, 0) is 5.75 Å². The number of rotatable bonds is 4. The highest BCUT2D eigenvalue weighted by atomic mass is 35.5. The van der Waals surface area contributed by atoms with E-state index in [0.29, 0.717) is 21.5 Å². The lowest BCUT2D eigenvalue weighted by Crippen LogP contribution is -2.01. The fourth-order valence-corrected chi connectivity index (χ4v) is 2.61. The van der Waals surface area contributed by atoms with Crippen molar-refractivity contribution in [2.75, 3.05) is 0 Å². The second kappa shape index (κ2) is 6.28. The zero-order valence-electron chi connectivity index (χ0n) is 9.64. The lowest BCUT2D eigenvalue weighted by Gasteiger charge is -2.04. The molecule has 2 rings (SSSR count). The van der Waals surface area contributed by atoms with Gasteiger partial charge in [0.05, 0.1) is 15.7 Å². The van der Waals surface area contributed by atoms with Crippen molar-refractivity contribution in [3.05, 3.63) is 57.8 Å². The van der Waals surface area contributed by atoms with E-state index in [1.165, 1.54) is 17.8 Å². The molecule has 1 N–H and O–H groups in total. The molecule has 0 aliphatic rings. The fourth-order valence-electron chi connectivity index (χ4n) is 1.40. The summed E-state index contributed by atoms with van der Waals surface area (Å²) >= 11 is 13.3. The van der Waals surface area contributed by atoms with Gasteiger partial charge in [0, 0.05) is 10.6 Å². The second-order valence-corrected chi connectivity index (χ2v) is 5.55. The Bertz CT molecular complexity index is 619. The van der Waals surface area contributed by atoms with Gasteiger partial charge >= 0.3 is 5.97 Å². The van der Waals surface area contributed by atoms with Gasteiger partial charge in [0.2, 0.25) is 0 Å². The first kappa shape index (κ1) is 14.2. The van der Waals surface area contributed by atoms with E-state index >= 15 is 0 Å². The van der Waals surface area contributed by atoms with Crippen LogP contribution in [0.5, 0.6) is 0 Å². The Morgan fingerprint density at radius 2 is 2.00 bits per heavy atom.